The first-order valence-electron chi connectivity index (χ1n) is 9.16. The van der Waals surface area contributed by atoms with E-state index in [9.17, 15) is 27.9 Å². The first-order valence-corrected chi connectivity index (χ1v) is 11.0. The molecule has 3 amide bonds. The van der Waals surface area contributed by atoms with Crippen LogP contribution in [0.3, 0.4) is 0 Å². The van der Waals surface area contributed by atoms with Gasteiger partial charge in [0.25, 0.3) is 5.91 Å². The number of aliphatic carboxylic acids is 1. The minimum absolute atomic E-state index is 0.158. The molecule has 1 aliphatic rings. The number of carbonyl (C=O) groups is 3. The van der Waals surface area contributed by atoms with Crippen LogP contribution < -0.4 is 10.0 Å². The average Bonchev–Trinajstić information content (AvgIpc) is 2.89. The Morgan fingerprint density at radius 2 is 1.61 bits per heavy atom. The Kier molecular flexibility index (Phi) is 6.08. The molecule has 164 valence electrons. The van der Waals surface area contributed by atoms with Gasteiger partial charge in [-0.05, 0) is 49.2 Å². The molecule has 1 heterocycles. The van der Waals surface area contributed by atoms with E-state index in [-0.39, 0.29) is 4.90 Å². The summed E-state index contributed by atoms with van der Waals surface area (Å²) in [5.41, 5.74) is 0.370. The Balaban J connectivity index is 1.78. The summed E-state index contributed by atoms with van der Waals surface area (Å²) in [7, 11) is -4.24. The topological polar surface area (TPSA) is 133 Å². The number of carbonyl (C=O) groups excluding carboxylic acids is 2. The van der Waals surface area contributed by atoms with Gasteiger partial charge in [0.15, 0.2) is 0 Å². The Bertz CT molecular complexity index is 1130. The van der Waals surface area contributed by atoms with Gasteiger partial charge in [-0.3, -0.25) is 14.5 Å². The van der Waals surface area contributed by atoms with E-state index in [1.54, 1.807) is 36.4 Å². The third-order valence-corrected chi connectivity index (χ3v) is 6.49. The van der Waals surface area contributed by atoms with Crippen molar-refractivity contribution in [3.63, 3.8) is 0 Å². The first kappa shape index (κ1) is 22.7. The third-order valence-electron chi connectivity index (χ3n) is 4.75. The van der Waals surface area contributed by atoms with Gasteiger partial charge in [0.2, 0.25) is 10.0 Å². The lowest BCUT2D eigenvalue weighted by Gasteiger charge is -2.21. The quantitative estimate of drug-likeness (QED) is 0.536. The summed E-state index contributed by atoms with van der Waals surface area (Å²) in [5, 5.41) is 12.4. The molecular formula is C20H20ClN3O6S. The molecule has 3 N–H and O–H groups in total. The number of urea groups is 1. The standard InChI is InChI=1S/C20H20ClN3O6S/c1-20(2)18(27)24(19(28)22-20)11-16(17(25)26)23-31(29,30)15-9-5-13(6-10-15)12-3-7-14(21)8-4-12/h3-10,16,23H,11H2,1-2H3,(H,22,28)(H,25,26). The van der Waals surface area contributed by atoms with Crippen LogP contribution in [0.25, 0.3) is 11.1 Å². The average molecular weight is 466 g/mol. The summed E-state index contributed by atoms with van der Waals surface area (Å²) in [4.78, 5) is 36.4. The molecule has 0 aliphatic carbocycles. The van der Waals surface area contributed by atoms with E-state index in [2.05, 4.69) is 10.0 Å². The molecule has 2 aromatic carbocycles. The summed E-state index contributed by atoms with van der Waals surface area (Å²) in [6.07, 6.45) is 0. The number of carboxylic acid groups (broad SMARTS) is 1. The maximum Gasteiger partial charge on any atom is 0.325 e. The summed E-state index contributed by atoms with van der Waals surface area (Å²) in [6.45, 7) is 2.29. The van der Waals surface area contributed by atoms with Crippen LogP contribution in [0.5, 0.6) is 0 Å². The van der Waals surface area contributed by atoms with Crippen LogP contribution in [0, 0.1) is 0 Å². The number of amides is 3. The van der Waals surface area contributed by atoms with Gasteiger partial charge >= 0.3 is 12.0 Å². The minimum atomic E-state index is -4.24. The number of rotatable bonds is 7. The van der Waals surface area contributed by atoms with Crippen molar-refractivity contribution in [3.8, 4) is 11.1 Å². The highest BCUT2D eigenvalue weighted by Crippen LogP contribution is 2.23. The molecule has 0 saturated carbocycles. The molecule has 0 radical (unpaired) electrons. The monoisotopic (exact) mass is 465 g/mol. The summed E-state index contributed by atoms with van der Waals surface area (Å²) >= 11 is 5.87. The normalized spacial score (nSPS) is 16.8. The highest BCUT2D eigenvalue weighted by Gasteiger charge is 2.46. The fraction of sp³-hybridized carbons (Fsp3) is 0.250. The van der Waals surface area contributed by atoms with Crippen LogP contribution >= 0.6 is 11.6 Å². The summed E-state index contributed by atoms with van der Waals surface area (Å²) in [5.74, 6) is -2.16. The predicted octanol–water partition coefficient (Wildman–Crippen LogP) is 2.07. The molecule has 1 aliphatic heterocycles. The first-order chi connectivity index (χ1) is 14.4. The second kappa shape index (κ2) is 8.29. The maximum atomic E-state index is 12.7. The molecule has 11 heteroatoms. The van der Waals surface area contributed by atoms with E-state index in [1.807, 2.05) is 0 Å². The highest BCUT2D eigenvalue weighted by molar-refractivity contribution is 7.89. The number of imide groups is 1. The van der Waals surface area contributed by atoms with Crippen molar-refractivity contribution in [2.24, 2.45) is 0 Å². The van der Waals surface area contributed by atoms with Crippen molar-refractivity contribution in [2.45, 2.75) is 30.3 Å². The fourth-order valence-electron chi connectivity index (χ4n) is 3.06. The van der Waals surface area contributed by atoms with Gasteiger partial charge in [-0.1, -0.05) is 35.9 Å². The van der Waals surface area contributed by atoms with Gasteiger partial charge in [0.05, 0.1) is 11.4 Å². The summed E-state index contributed by atoms with van der Waals surface area (Å²) < 4.78 is 27.5. The number of carboxylic acids is 1. The molecule has 1 unspecified atom stereocenters. The molecule has 0 aromatic heterocycles. The number of halogens is 1. The molecule has 1 atom stereocenters. The molecule has 1 fully saturated rings. The van der Waals surface area contributed by atoms with Gasteiger partial charge in [-0.15, -0.1) is 0 Å². The van der Waals surface area contributed by atoms with E-state index >= 15 is 0 Å². The van der Waals surface area contributed by atoms with Gasteiger partial charge in [-0.25, -0.2) is 13.2 Å². The van der Waals surface area contributed by atoms with Crippen molar-refractivity contribution in [2.75, 3.05) is 6.54 Å². The van der Waals surface area contributed by atoms with Crippen molar-refractivity contribution >= 4 is 39.5 Å². The lowest BCUT2D eigenvalue weighted by molar-refractivity contribution is -0.140. The number of benzene rings is 2. The van der Waals surface area contributed by atoms with Gasteiger partial charge in [-0.2, -0.15) is 4.72 Å². The van der Waals surface area contributed by atoms with E-state index in [1.165, 1.54) is 26.0 Å². The van der Waals surface area contributed by atoms with Crippen LogP contribution in [-0.4, -0.2) is 54.5 Å². The van der Waals surface area contributed by atoms with Crippen LogP contribution in [-0.2, 0) is 19.6 Å². The van der Waals surface area contributed by atoms with E-state index < -0.39 is 46.1 Å². The molecule has 0 bridgehead atoms. The number of hydrogen-bond acceptors (Lipinski definition) is 5. The van der Waals surface area contributed by atoms with Gasteiger partial charge < -0.3 is 10.4 Å². The molecule has 3 rings (SSSR count). The third kappa shape index (κ3) is 4.87. The van der Waals surface area contributed by atoms with Crippen molar-refractivity contribution in [3.05, 3.63) is 53.6 Å². The van der Waals surface area contributed by atoms with Crippen LogP contribution in [0.15, 0.2) is 53.4 Å². The van der Waals surface area contributed by atoms with Crippen LogP contribution in [0.4, 0.5) is 4.79 Å². The Hall–Kier alpha value is -2.95. The number of nitrogens with zero attached hydrogens (tertiary/aromatic N) is 1. The van der Waals surface area contributed by atoms with Crippen molar-refractivity contribution in [1.82, 2.24) is 14.9 Å². The zero-order valence-corrected chi connectivity index (χ0v) is 18.2. The second-order valence-electron chi connectivity index (χ2n) is 7.51. The predicted molar refractivity (Wildman–Crippen MR) is 113 cm³/mol. The second-order valence-corrected chi connectivity index (χ2v) is 9.66. The molecular weight excluding hydrogens is 446 g/mol. The maximum absolute atomic E-state index is 12.7. The lowest BCUT2D eigenvalue weighted by atomic mass is 10.1. The highest BCUT2D eigenvalue weighted by atomic mass is 35.5. The minimum Gasteiger partial charge on any atom is -0.480 e. The zero-order valence-electron chi connectivity index (χ0n) is 16.6. The van der Waals surface area contributed by atoms with Crippen LogP contribution in [0.1, 0.15) is 13.8 Å². The smallest absolute Gasteiger partial charge is 0.325 e. The molecule has 0 spiro atoms. The lowest BCUT2D eigenvalue weighted by Crippen LogP contribution is -2.50. The van der Waals surface area contributed by atoms with Crippen LogP contribution in [0.2, 0.25) is 5.02 Å². The van der Waals surface area contributed by atoms with Gasteiger partial charge in [0, 0.05) is 5.02 Å². The Labute approximate surface area is 184 Å². The van der Waals surface area contributed by atoms with E-state index in [0.29, 0.717) is 9.92 Å². The number of sulfonamides is 1. The van der Waals surface area contributed by atoms with Crippen molar-refractivity contribution < 1.29 is 27.9 Å². The molecule has 31 heavy (non-hydrogen) atoms. The molecule has 1 saturated heterocycles. The van der Waals surface area contributed by atoms with E-state index in [4.69, 9.17) is 11.6 Å². The molecule has 2 aromatic rings. The number of nitrogens with one attached hydrogen (secondary N) is 2. The fourth-order valence-corrected chi connectivity index (χ4v) is 4.36. The number of hydrogen-bond donors (Lipinski definition) is 3. The molecule has 9 nitrogen and oxygen atoms in total. The Morgan fingerprint density at radius 1 is 1.10 bits per heavy atom. The SMILES string of the molecule is CC1(C)NC(=O)N(CC(NS(=O)(=O)c2ccc(-c3ccc(Cl)cc3)cc2)C(=O)O)C1=O. The summed E-state index contributed by atoms with van der Waals surface area (Å²) in [6, 6.07) is 10.3. The van der Waals surface area contributed by atoms with E-state index in [0.717, 1.165) is 11.1 Å². The van der Waals surface area contributed by atoms with Gasteiger partial charge in [0.1, 0.15) is 11.6 Å². The van der Waals surface area contributed by atoms with Crippen molar-refractivity contribution in [1.29, 1.82) is 0 Å². The Morgan fingerprint density at radius 3 is 2.06 bits per heavy atom. The largest absolute Gasteiger partial charge is 0.480 e. The zero-order chi connectivity index (χ0) is 23.0.